The number of nitrogens with zero attached hydrogens (tertiary/aromatic N) is 5. The molecule has 0 amide bonds. The molecule has 8 nitrogen and oxygen atoms in total. The van der Waals surface area contributed by atoms with Crippen molar-refractivity contribution in [2.45, 2.75) is 59.0 Å². The molecule has 1 aliphatic heterocycles. The second kappa shape index (κ2) is 8.57. The Morgan fingerprint density at radius 3 is 2.66 bits per heavy atom. The minimum absolute atomic E-state index is 0.184. The highest BCUT2D eigenvalue weighted by atomic mass is 19.1. The lowest BCUT2D eigenvalue weighted by atomic mass is 9.91. The number of hydrogen-bond donors (Lipinski definition) is 2. The minimum atomic E-state index is -0.604. The van der Waals surface area contributed by atoms with E-state index < -0.39 is 5.95 Å². The summed E-state index contributed by atoms with van der Waals surface area (Å²) in [6, 6.07) is 9.18. The zero-order valence-corrected chi connectivity index (χ0v) is 20.7. The smallest absolute Gasteiger partial charge is 0.278 e. The molecule has 0 aliphatic carbocycles. The molecule has 0 spiro atoms. The highest BCUT2D eigenvalue weighted by molar-refractivity contribution is 5.77. The predicted molar refractivity (Wildman–Crippen MR) is 135 cm³/mol. The maximum atomic E-state index is 14.6. The van der Waals surface area contributed by atoms with Crippen molar-refractivity contribution in [3.8, 4) is 5.69 Å². The topological polar surface area (TPSA) is 89.7 Å². The predicted octanol–water partition coefficient (Wildman–Crippen LogP) is 4.38. The molecule has 0 atom stereocenters. The Bertz CT molecular complexity index is 1480. The average molecular weight is 476 g/mol. The Hall–Kier alpha value is -3.59. The lowest BCUT2D eigenvalue weighted by molar-refractivity contribution is 0.470. The molecule has 4 heterocycles. The first-order valence-electron chi connectivity index (χ1n) is 11.9. The maximum absolute atomic E-state index is 14.6. The summed E-state index contributed by atoms with van der Waals surface area (Å²) in [4.78, 5) is 26.5. The second-order valence-corrected chi connectivity index (χ2v) is 10.3. The third-order valence-corrected chi connectivity index (χ3v) is 6.25. The maximum Gasteiger partial charge on any atom is 0.278 e. The van der Waals surface area contributed by atoms with E-state index in [0.29, 0.717) is 28.4 Å². The number of aromatic nitrogens is 5. The largest absolute Gasteiger partial charge is 0.324 e. The van der Waals surface area contributed by atoms with Crippen molar-refractivity contribution < 1.29 is 4.39 Å². The summed E-state index contributed by atoms with van der Waals surface area (Å²) in [5.41, 5.74) is 4.36. The standard InChI is InChI=1S/C26H30FN7O/c1-15(2)33-24(35)20-14-29-25(30-18-7-6-17-13-28-9-8-16(17)10-18)32-23(20)34(33)19-11-21(26(3,4)5)31-22(27)12-19/h6-7,10-12,14-15,28H,8-9,13H2,1-5H3,(H,29,30,32). The molecule has 2 N–H and O–H groups in total. The summed E-state index contributed by atoms with van der Waals surface area (Å²) in [5.74, 6) is -0.236. The molecular weight excluding hydrogens is 445 g/mol. The van der Waals surface area contributed by atoms with E-state index in [1.54, 1.807) is 9.36 Å². The van der Waals surface area contributed by atoms with E-state index in [9.17, 15) is 9.18 Å². The van der Waals surface area contributed by atoms with Gasteiger partial charge in [0.05, 0.1) is 11.4 Å². The first-order valence-corrected chi connectivity index (χ1v) is 11.9. The van der Waals surface area contributed by atoms with Crippen molar-refractivity contribution in [1.82, 2.24) is 29.6 Å². The molecule has 0 saturated carbocycles. The van der Waals surface area contributed by atoms with Gasteiger partial charge in [0, 0.05) is 36.0 Å². The number of pyridine rings is 1. The summed E-state index contributed by atoms with van der Waals surface area (Å²) in [6.45, 7) is 11.6. The quantitative estimate of drug-likeness (QED) is 0.426. The molecule has 4 aromatic rings. The highest BCUT2D eigenvalue weighted by Crippen LogP contribution is 2.26. The first kappa shape index (κ1) is 23.2. The fourth-order valence-corrected chi connectivity index (χ4v) is 4.45. The van der Waals surface area contributed by atoms with Gasteiger partial charge in [-0.2, -0.15) is 9.37 Å². The van der Waals surface area contributed by atoms with E-state index in [1.807, 2.05) is 46.8 Å². The van der Waals surface area contributed by atoms with Gasteiger partial charge >= 0.3 is 0 Å². The molecule has 1 aromatic carbocycles. The summed E-state index contributed by atoms with van der Waals surface area (Å²) >= 11 is 0. The van der Waals surface area contributed by atoms with Gasteiger partial charge in [0.2, 0.25) is 11.9 Å². The Morgan fingerprint density at radius 2 is 1.91 bits per heavy atom. The number of hydrogen-bond acceptors (Lipinski definition) is 6. The van der Waals surface area contributed by atoms with Gasteiger partial charge in [0.1, 0.15) is 5.39 Å². The summed E-state index contributed by atoms with van der Waals surface area (Å²) < 4.78 is 17.9. The molecule has 0 unspecified atom stereocenters. The van der Waals surface area contributed by atoms with Crippen molar-refractivity contribution in [3.63, 3.8) is 0 Å². The van der Waals surface area contributed by atoms with E-state index in [-0.39, 0.29) is 17.0 Å². The van der Waals surface area contributed by atoms with Gasteiger partial charge < -0.3 is 10.6 Å². The van der Waals surface area contributed by atoms with Crippen LogP contribution in [-0.2, 0) is 18.4 Å². The zero-order chi connectivity index (χ0) is 24.9. The van der Waals surface area contributed by atoms with Gasteiger partial charge in [-0.15, -0.1) is 0 Å². The van der Waals surface area contributed by atoms with Crippen LogP contribution in [0.25, 0.3) is 16.7 Å². The van der Waals surface area contributed by atoms with Crippen molar-refractivity contribution in [1.29, 1.82) is 0 Å². The van der Waals surface area contributed by atoms with E-state index in [1.165, 1.54) is 23.4 Å². The third-order valence-electron chi connectivity index (χ3n) is 6.25. The molecule has 0 saturated heterocycles. The number of fused-ring (bicyclic) bond motifs is 2. The molecular formula is C26H30FN7O. The molecule has 182 valence electrons. The van der Waals surface area contributed by atoms with E-state index in [0.717, 1.165) is 25.2 Å². The van der Waals surface area contributed by atoms with Crippen molar-refractivity contribution in [2.75, 3.05) is 11.9 Å². The number of rotatable bonds is 4. The van der Waals surface area contributed by atoms with Crippen LogP contribution in [0.1, 0.15) is 57.5 Å². The van der Waals surface area contributed by atoms with Crippen molar-refractivity contribution >= 4 is 22.7 Å². The third kappa shape index (κ3) is 4.32. The molecule has 35 heavy (non-hydrogen) atoms. The Balaban J connectivity index is 1.65. The molecule has 5 rings (SSSR count). The van der Waals surface area contributed by atoms with Crippen LogP contribution >= 0.6 is 0 Å². The van der Waals surface area contributed by atoms with Gasteiger partial charge in [-0.25, -0.2) is 19.3 Å². The molecule has 0 bridgehead atoms. The molecule has 0 fully saturated rings. The normalized spacial score (nSPS) is 13.9. The lowest BCUT2D eigenvalue weighted by Crippen LogP contribution is -2.25. The molecule has 1 aliphatic rings. The van der Waals surface area contributed by atoms with Crippen LogP contribution < -0.4 is 16.2 Å². The van der Waals surface area contributed by atoms with Crippen LogP contribution in [0, 0.1) is 5.95 Å². The summed E-state index contributed by atoms with van der Waals surface area (Å²) in [6.07, 6.45) is 2.50. The van der Waals surface area contributed by atoms with Gasteiger partial charge in [-0.3, -0.25) is 4.79 Å². The van der Waals surface area contributed by atoms with Crippen LogP contribution in [0.4, 0.5) is 16.0 Å². The van der Waals surface area contributed by atoms with Crippen LogP contribution in [0.15, 0.2) is 41.3 Å². The zero-order valence-electron chi connectivity index (χ0n) is 20.7. The number of nitrogens with one attached hydrogen (secondary N) is 2. The van der Waals surface area contributed by atoms with Gasteiger partial charge in [0.25, 0.3) is 5.56 Å². The Labute approximate surface area is 203 Å². The first-order chi connectivity index (χ1) is 16.6. The minimum Gasteiger partial charge on any atom is -0.324 e. The van der Waals surface area contributed by atoms with E-state index >= 15 is 0 Å². The van der Waals surface area contributed by atoms with Crippen molar-refractivity contribution in [3.05, 3.63) is 69.7 Å². The molecule has 3 aromatic heterocycles. The second-order valence-electron chi connectivity index (χ2n) is 10.3. The average Bonchev–Trinajstić information content (AvgIpc) is 3.10. The summed E-state index contributed by atoms with van der Waals surface area (Å²) in [7, 11) is 0. The number of anilines is 2. The van der Waals surface area contributed by atoms with Crippen LogP contribution in [0.3, 0.4) is 0 Å². The number of benzene rings is 1. The monoisotopic (exact) mass is 475 g/mol. The Kier molecular flexibility index (Phi) is 5.67. The van der Waals surface area contributed by atoms with Crippen LogP contribution in [0.5, 0.6) is 0 Å². The fraction of sp³-hybridized carbons (Fsp3) is 0.385. The highest BCUT2D eigenvalue weighted by Gasteiger charge is 2.23. The van der Waals surface area contributed by atoms with Crippen LogP contribution in [0.2, 0.25) is 0 Å². The van der Waals surface area contributed by atoms with Gasteiger partial charge in [0.15, 0.2) is 5.65 Å². The van der Waals surface area contributed by atoms with Crippen molar-refractivity contribution in [2.24, 2.45) is 0 Å². The van der Waals surface area contributed by atoms with Gasteiger partial charge in [-0.05, 0) is 56.1 Å². The Morgan fingerprint density at radius 1 is 1.11 bits per heavy atom. The van der Waals surface area contributed by atoms with E-state index in [4.69, 9.17) is 4.98 Å². The summed E-state index contributed by atoms with van der Waals surface area (Å²) in [5, 5.41) is 7.02. The fourth-order valence-electron chi connectivity index (χ4n) is 4.45. The van der Waals surface area contributed by atoms with Crippen LogP contribution in [-0.4, -0.2) is 30.9 Å². The number of halogens is 1. The SMILES string of the molecule is CC(C)n1c(=O)c2cnc(Nc3ccc4c(c3)CCNC4)nc2n1-c1cc(F)nc(C(C)(C)C)c1. The molecule has 9 heteroatoms. The van der Waals surface area contributed by atoms with E-state index in [2.05, 4.69) is 32.7 Å². The van der Waals surface area contributed by atoms with Gasteiger partial charge in [-0.1, -0.05) is 26.8 Å². The molecule has 0 radical (unpaired) electrons. The lowest BCUT2D eigenvalue weighted by Gasteiger charge is -2.21.